The molecule has 4 nitrogen and oxygen atoms in total. The van der Waals surface area contributed by atoms with E-state index in [2.05, 4.69) is 5.32 Å². The van der Waals surface area contributed by atoms with Crippen LogP contribution in [0.25, 0.3) is 0 Å². The van der Waals surface area contributed by atoms with Crippen LogP contribution in [0.15, 0.2) is 18.2 Å². The van der Waals surface area contributed by atoms with Crippen molar-refractivity contribution in [1.29, 1.82) is 0 Å². The van der Waals surface area contributed by atoms with Gasteiger partial charge in [0.15, 0.2) is 0 Å². The lowest BCUT2D eigenvalue weighted by Crippen LogP contribution is -2.41. The lowest BCUT2D eigenvalue weighted by molar-refractivity contribution is -0.125. The van der Waals surface area contributed by atoms with Gasteiger partial charge in [-0.3, -0.25) is 4.79 Å². The number of carbonyl (C=O) groups is 1. The highest BCUT2D eigenvalue weighted by Gasteiger charge is 2.32. The molecule has 0 spiro atoms. The van der Waals surface area contributed by atoms with Crippen molar-refractivity contribution in [2.24, 2.45) is 11.7 Å². The summed E-state index contributed by atoms with van der Waals surface area (Å²) in [5.41, 5.74) is 5.97. The molecule has 19 heavy (non-hydrogen) atoms. The SMILES string of the molecule is CC(NC(=O)C1COCC1N)c1ccc(F)cc1F. The van der Waals surface area contributed by atoms with Crippen LogP contribution in [0, 0.1) is 17.6 Å². The molecule has 0 saturated carbocycles. The van der Waals surface area contributed by atoms with E-state index in [1.807, 2.05) is 0 Å². The van der Waals surface area contributed by atoms with Crippen LogP contribution in [0.5, 0.6) is 0 Å². The van der Waals surface area contributed by atoms with E-state index in [9.17, 15) is 13.6 Å². The second-order valence-electron chi connectivity index (χ2n) is 4.70. The van der Waals surface area contributed by atoms with Gasteiger partial charge in [-0.1, -0.05) is 6.07 Å². The van der Waals surface area contributed by atoms with Gasteiger partial charge in [0.2, 0.25) is 5.91 Å². The van der Waals surface area contributed by atoms with Crippen molar-refractivity contribution in [3.05, 3.63) is 35.4 Å². The Kier molecular flexibility index (Phi) is 4.11. The third kappa shape index (κ3) is 3.08. The number of halogens is 2. The van der Waals surface area contributed by atoms with E-state index in [0.29, 0.717) is 6.61 Å². The van der Waals surface area contributed by atoms with Crippen LogP contribution < -0.4 is 11.1 Å². The largest absolute Gasteiger partial charge is 0.379 e. The summed E-state index contributed by atoms with van der Waals surface area (Å²) < 4.78 is 31.5. The number of ether oxygens (including phenoxy) is 1. The molecule has 1 saturated heterocycles. The third-order valence-electron chi connectivity index (χ3n) is 3.25. The second-order valence-corrected chi connectivity index (χ2v) is 4.70. The smallest absolute Gasteiger partial charge is 0.227 e. The number of nitrogens with two attached hydrogens (primary N) is 1. The summed E-state index contributed by atoms with van der Waals surface area (Å²) in [6, 6.07) is 2.38. The monoisotopic (exact) mass is 270 g/mol. The van der Waals surface area contributed by atoms with E-state index in [1.54, 1.807) is 6.92 Å². The van der Waals surface area contributed by atoms with E-state index in [0.717, 1.165) is 12.1 Å². The van der Waals surface area contributed by atoms with Gasteiger partial charge in [0.25, 0.3) is 0 Å². The normalized spacial score (nSPS) is 24.2. The van der Waals surface area contributed by atoms with Gasteiger partial charge in [-0.15, -0.1) is 0 Å². The number of rotatable bonds is 3. The van der Waals surface area contributed by atoms with Gasteiger partial charge in [0.05, 0.1) is 25.2 Å². The van der Waals surface area contributed by atoms with Crippen LogP contribution in [0.2, 0.25) is 0 Å². The maximum absolute atomic E-state index is 13.6. The zero-order valence-corrected chi connectivity index (χ0v) is 10.5. The Balaban J connectivity index is 2.04. The molecule has 1 aliphatic rings. The Labute approximate surface area is 109 Å². The Morgan fingerprint density at radius 1 is 1.47 bits per heavy atom. The van der Waals surface area contributed by atoms with Crippen LogP contribution in [-0.4, -0.2) is 25.2 Å². The fraction of sp³-hybridized carbons (Fsp3) is 0.462. The summed E-state index contributed by atoms with van der Waals surface area (Å²) in [6.45, 7) is 2.25. The number of amides is 1. The van der Waals surface area contributed by atoms with Gasteiger partial charge in [-0.05, 0) is 13.0 Å². The molecule has 0 radical (unpaired) electrons. The van der Waals surface area contributed by atoms with Crippen LogP contribution >= 0.6 is 0 Å². The first-order valence-corrected chi connectivity index (χ1v) is 6.07. The van der Waals surface area contributed by atoms with Crippen LogP contribution in [0.3, 0.4) is 0 Å². The zero-order chi connectivity index (χ0) is 14.0. The second kappa shape index (κ2) is 5.63. The molecule has 6 heteroatoms. The lowest BCUT2D eigenvalue weighted by atomic mass is 10.0. The van der Waals surface area contributed by atoms with Gasteiger partial charge in [0, 0.05) is 17.7 Å². The molecule has 1 amide bonds. The quantitative estimate of drug-likeness (QED) is 0.865. The molecule has 1 heterocycles. The van der Waals surface area contributed by atoms with E-state index in [-0.39, 0.29) is 24.1 Å². The average Bonchev–Trinajstić information content (AvgIpc) is 2.75. The first kappa shape index (κ1) is 13.9. The van der Waals surface area contributed by atoms with Crippen LogP contribution in [0.4, 0.5) is 8.78 Å². The standard InChI is InChI=1S/C13H16F2N2O2/c1-7(9-3-2-8(14)4-11(9)15)17-13(18)10-5-19-6-12(10)16/h2-4,7,10,12H,5-6,16H2,1H3,(H,17,18). The Morgan fingerprint density at radius 2 is 2.21 bits per heavy atom. The zero-order valence-electron chi connectivity index (χ0n) is 10.5. The van der Waals surface area contributed by atoms with Crippen molar-refractivity contribution in [2.45, 2.75) is 19.0 Å². The average molecular weight is 270 g/mol. The predicted molar refractivity (Wildman–Crippen MR) is 65.2 cm³/mol. The third-order valence-corrected chi connectivity index (χ3v) is 3.25. The molecule has 3 unspecified atom stereocenters. The molecular formula is C13H16F2N2O2. The van der Waals surface area contributed by atoms with Crippen molar-refractivity contribution in [1.82, 2.24) is 5.32 Å². The number of carbonyl (C=O) groups excluding carboxylic acids is 1. The Bertz CT molecular complexity index is 482. The summed E-state index contributed by atoms with van der Waals surface area (Å²) >= 11 is 0. The van der Waals surface area contributed by atoms with E-state index in [1.165, 1.54) is 6.07 Å². The number of benzene rings is 1. The first-order valence-electron chi connectivity index (χ1n) is 6.07. The van der Waals surface area contributed by atoms with E-state index < -0.39 is 23.6 Å². The minimum absolute atomic E-state index is 0.238. The highest BCUT2D eigenvalue weighted by Crippen LogP contribution is 2.19. The van der Waals surface area contributed by atoms with Gasteiger partial charge in [-0.25, -0.2) is 8.78 Å². The van der Waals surface area contributed by atoms with Gasteiger partial charge >= 0.3 is 0 Å². The molecule has 0 aromatic heterocycles. The summed E-state index contributed by atoms with van der Waals surface area (Å²) in [4.78, 5) is 12.0. The van der Waals surface area contributed by atoms with E-state index >= 15 is 0 Å². The van der Waals surface area contributed by atoms with Crippen molar-refractivity contribution in [3.8, 4) is 0 Å². The lowest BCUT2D eigenvalue weighted by Gasteiger charge is -2.19. The number of hydrogen-bond donors (Lipinski definition) is 2. The fourth-order valence-electron chi connectivity index (χ4n) is 2.09. The summed E-state index contributed by atoms with van der Waals surface area (Å²) in [5, 5.41) is 2.67. The molecule has 3 N–H and O–H groups in total. The highest BCUT2D eigenvalue weighted by atomic mass is 19.1. The fourth-order valence-corrected chi connectivity index (χ4v) is 2.09. The van der Waals surface area contributed by atoms with Crippen LogP contribution in [-0.2, 0) is 9.53 Å². The predicted octanol–water partition coefficient (Wildman–Crippen LogP) is 1.12. The maximum atomic E-state index is 13.6. The van der Waals surface area contributed by atoms with Crippen molar-refractivity contribution in [3.63, 3.8) is 0 Å². The van der Waals surface area contributed by atoms with Crippen molar-refractivity contribution < 1.29 is 18.3 Å². The maximum Gasteiger partial charge on any atom is 0.227 e. The van der Waals surface area contributed by atoms with Crippen molar-refractivity contribution >= 4 is 5.91 Å². The molecule has 3 atom stereocenters. The molecule has 1 fully saturated rings. The molecule has 1 aromatic rings. The minimum Gasteiger partial charge on any atom is -0.379 e. The molecule has 0 bridgehead atoms. The van der Waals surface area contributed by atoms with Gasteiger partial charge in [0.1, 0.15) is 11.6 Å². The number of hydrogen-bond acceptors (Lipinski definition) is 3. The van der Waals surface area contributed by atoms with Crippen molar-refractivity contribution in [2.75, 3.05) is 13.2 Å². The van der Waals surface area contributed by atoms with Gasteiger partial charge < -0.3 is 15.8 Å². The van der Waals surface area contributed by atoms with E-state index in [4.69, 9.17) is 10.5 Å². The molecule has 2 rings (SSSR count). The van der Waals surface area contributed by atoms with Gasteiger partial charge in [-0.2, -0.15) is 0 Å². The Hall–Kier alpha value is -1.53. The molecular weight excluding hydrogens is 254 g/mol. The molecule has 104 valence electrons. The summed E-state index contributed by atoms with van der Waals surface area (Å²) in [5.74, 6) is -2.03. The summed E-state index contributed by atoms with van der Waals surface area (Å²) in [7, 11) is 0. The molecule has 1 aromatic carbocycles. The summed E-state index contributed by atoms with van der Waals surface area (Å²) in [6.07, 6.45) is 0. The van der Waals surface area contributed by atoms with Crippen LogP contribution in [0.1, 0.15) is 18.5 Å². The topological polar surface area (TPSA) is 64.3 Å². The highest BCUT2D eigenvalue weighted by molar-refractivity contribution is 5.80. The molecule has 0 aliphatic carbocycles. The molecule has 1 aliphatic heterocycles. The Morgan fingerprint density at radius 3 is 2.79 bits per heavy atom. The minimum atomic E-state index is -0.681. The first-order chi connectivity index (χ1) is 8.99. The number of nitrogens with one attached hydrogen (secondary N) is 1.